The van der Waals surface area contributed by atoms with Crippen molar-refractivity contribution in [2.45, 2.75) is 6.92 Å². The maximum absolute atomic E-state index is 12.7. The van der Waals surface area contributed by atoms with E-state index in [9.17, 15) is 14.9 Å². The zero-order valence-electron chi connectivity index (χ0n) is 16.0. The molecule has 0 unspecified atom stereocenters. The number of carbonyl (C=O) groups excluding carboxylic acids is 1. The fourth-order valence-corrected chi connectivity index (χ4v) is 4.04. The third-order valence-corrected chi connectivity index (χ3v) is 5.54. The molecule has 148 valence electrons. The molecule has 0 aliphatic rings. The Morgan fingerprint density at radius 3 is 2.37 bits per heavy atom. The maximum atomic E-state index is 12.7. The molecule has 3 aromatic carbocycles. The van der Waals surface area contributed by atoms with Crippen LogP contribution in [0.3, 0.4) is 0 Å². The SMILES string of the molecule is Cc1cccc(C(=O)Nc2nc(-c3ccc([N+](=O)[O-])cc3)c(-c3ccccc3)s2)c1. The van der Waals surface area contributed by atoms with Crippen LogP contribution in [0.2, 0.25) is 0 Å². The first-order valence-electron chi connectivity index (χ1n) is 9.20. The van der Waals surface area contributed by atoms with Crippen LogP contribution in [0, 0.1) is 17.0 Å². The highest BCUT2D eigenvalue weighted by molar-refractivity contribution is 7.19. The second-order valence-corrected chi connectivity index (χ2v) is 7.69. The Bertz CT molecular complexity index is 1220. The number of nitrogens with zero attached hydrogens (tertiary/aromatic N) is 2. The number of hydrogen-bond acceptors (Lipinski definition) is 5. The molecule has 0 aliphatic heterocycles. The first-order chi connectivity index (χ1) is 14.5. The maximum Gasteiger partial charge on any atom is 0.269 e. The highest BCUT2D eigenvalue weighted by atomic mass is 32.1. The van der Waals surface area contributed by atoms with E-state index in [1.807, 2.05) is 55.5 Å². The number of non-ortho nitro benzene ring substituents is 1. The molecule has 0 fully saturated rings. The molecule has 4 aromatic rings. The number of nitro benzene ring substituents is 1. The van der Waals surface area contributed by atoms with Crippen molar-refractivity contribution in [3.8, 4) is 21.7 Å². The van der Waals surface area contributed by atoms with Gasteiger partial charge in [0, 0.05) is 23.3 Å². The van der Waals surface area contributed by atoms with Gasteiger partial charge in [-0.1, -0.05) is 59.4 Å². The lowest BCUT2D eigenvalue weighted by atomic mass is 10.1. The fraction of sp³-hybridized carbons (Fsp3) is 0.0435. The lowest BCUT2D eigenvalue weighted by Gasteiger charge is -2.02. The van der Waals surface area contributed by atoms with E-state index in [1.165, 1.54) is 23.5 Å². The molecule has 1 heterocycles. The van der Waals surface area contributed by atoms with Gasteiger partial charge in [-0.05, 0) is 36.8 Å². The van der Waals surface area contributed by atoms with Crippen LogP contribution in [0.15, 0.2) is 78.9 Å². The Hall–Kier alpha value is -3.84. The van der Waals surface area contributed by atoms with Crippen LogP contribution < -0.4 is 5.32 Å². The molecule has 0 saturated heterocycles. The molecule has 1 amide bonds. The molecule has 6 nitrogen and oxygen atoms in total. The van der Waals surface area contributed by atoms with Crippen LogP contribution in [-0.2, 0) is 0 Å². The number of benzene rings is 3. The van der Waals surface area contributed by atoms with Crippen molar-refractivity contribution in [1.29, 1.82) is 0 Å². The molecule has 30 heavy (non-hydrogen) atoms. The molecule has 0 aliphatic carbocycles. The van der Waals surface area contributed by atoms with Gasteiger partial charge in [0.1, 0.15) is 0 Å². The quantitative estimate of drug-likeness (QED) is 0.323. The van der Waals surface area contributed by atoms with E-state index in [0.717, 1.165) is 21.6 Å². The van der Waals surface area contributed by atoms with Gasteiger partial charge in [0.2, 0.25) is 0 Å². The van der Waals surface area contributed by atoms with E-state index >= 15 is 0 Å². The van der Waals surface area contributed by atoms with Crippen molar-refractivity contribution in [2.24, 2.45) is 0 Å². The van der Waals surface area contributed by atoms with Gasteiger partial charge in [-0.25, -0.2) is 4.98 Å². The summed E-state index contributed by atoms with van der Waals surface area (Å²) in [4.78, 5) is 28.7. The minimum absolute atomic E-state index is 0.0169. The summed E-state index contributed by atoms with van der Waals surface area (Å²) in [5, 5.41) is 14.3. The summed E-state index contributed by atoms with van der Waals surface area (Å²) in [5.74, 6) is -0.234. The highest BCUT2D eigenvalue weighted by Gasteiger charge is 2.18. The average Bonchev–Trinajstić information content (AvgIpc) is 3.18. The van der Waals surface area contributed by atoms with Gasteiger partial charge in [0.15, 0.2) is 5.13 Å². The molecule has 4 rings (SSSR count). The summed E-state index contributed by atoms with van der Waals surface area (Å²) in [6.45, 7) is 1.93. The van der Waals surface area contributed by atoms with Crippen LogP contribution in [0.4, 0.5) is 10.8 Å². The zero-order chi connectivity index (χ0) is 21.1. The lowest BCUT2D eigenvalue weighted by Crippen LogP contribution is -2.11. The molecule has 0 bridgehead atoms. The van der Waals surface area contributed by atoms with E-state index in [0.29, 0.717) is 16.4 Å². The first kappa shape index (κ1) is 19.5. The van der Waals surface area contributed by atoms with Gasteiger partial charge in [-0.3, -0.25) is 20.2 Å². The van der Waals surface area contributed by atoms with Crippen LogP contribution in [0.25, 0.3) is 21.7 Å². The minimum Gasteiger partial charge on any atom is -0.298 e. The number of nitrogens with one attached hydrogen (secondary N) is 1. The molecular weight excluding hydrogens is 398 g/mol. The smallest absolute Gasteiger partial charge is 0.269 e. The second kappa shape index (κ2) is 8.26. The first-order valence-corrected chi connectivity index (χ1v) is 10.0. The van der Waals surface area contributed by atoms with Crippen molar-refractivity contribution >= 4 is 28.1 Å². The van der Waals surface area contributed by atoms with Crippen molar-refractivity contribution in [2.75, 3.05) is 5.32 Å². The van der Waals surface area contributed by atoms with Crippen LogP contribution in [0.1, 0.15) is 15.9 Å². The molecule has 1 aromatic heterocycles. The van der Waals surface area contributed by atoms with Gasteiger partial charge in [-0.2, -0.15) is 0 Å². The topological polar surface area (TPSA) is 85.1 Å². The highest BCUT2D eigenvalue weighted by Crippen LogP contribution is 2.39. The van der Waals surface area contributed by atoms with E-state index in [-0.39, 0.29) is 11.6 Å². The van der Waals surface area contributed by atoms with Gasteiger partial charge in [0.25, 0.3) is 11.6 Å². The number of amides is 1. The number of thiazole rings is 1. The Labute approximate surface area is 177 Å². The van der Waals surface area contributed by atoms with Crippen molar-refractivity contribution < 1.29 is 9.72 Å². The standard InChI is InChI=1S/C23H17N3O3S/c1-15-6-5-9-18(14-15)22(27)25-23-24-20(16-10-12-19(13-11-16)26(28)29)21(30-23)17-7-3-2-4-8-17/h2-14H,1H3,(H,24,25,27). The van der Waals surface area contributed by atoms with E-state index in [2.05, 4.69) is 10.3 Å². The molecule has 0 atom stereocenters. The Balaban J connectivity index is 1.72. The zero-order valence-corrected chi connectivity index (χ0v) is 16.8. The largest absolute Gasteiger partial charge is 0.298 e. The summed E-state index contributed by atoms with van der Waals surface area (Å²) in [7, 11) is 0. The van der Waals surface area contributed by atoms with Crippen LogP contribution >= 0.6 is 11.3 Å². The van der Waals surface area contributed by atoms with Gasteiger partial charge >= 0.3 is 0 Å². The molecule has 0 spiro atoms. The third kappa shape index (κ3) is 4.11. The van der Waals surface area contributed by atoms with E-state index < -0.39 is 4.92 Å². The number of aromatic nitrogens is 1. The number of carbonyl (C=O) groups is 1. The Kier molecular flexibility index (Phi) is 5.36. The van der Waals surface area contributed by atoms with Gasteiger partial charge in [-0.15, -0.1) is 0 Å². The predicted octanol–water partition coefficient (Wildman–Crippen LogP) is 5.95. The average molecular weight is 415 g/mol. The molecule has 1 N–H and O–H groups in total. The summed E-state index contributed by atoms with van der Waals surface area (Å²) < 4.78 is 0. The van der Waals surface area contributed by atoms with Gasteiger partial charge in [0.05, 0.1) is 15.5 Å². The van der Waals surface area contributed by atoms with E-state index in [4.69, 9.17) is 0 Å². The second-order valence-electron chi connectivity index (χ2n) is 6.69. The monoisotopic (exact) mass is 415 g/mol. The molecular formula is C23H17N3O3S. The molecule has 0 saturated carbocycles. The lowest BCUT2D eigenvalue weighted by molar-refractivity contribution is -0.384. The number of rotatable bonds is 5. The third-order valence-electron chi connectivity index (χ3n) is 4.52. The molecule has 7 heteroatoms. The summed E-state index contributed by atoms with van der Waals surface area (Å²) in [6, 6.07) is 23.3. The van der Waals surface area contributed by atoms with Crippen LogP contribution in [-0.4, -0.2) is 15.8 Å². The number of hydrogen-bond donors (Lipinski definition) is 1. The Morgan fingerprint density at radius 1 is 0.967 bits per heavy atom. The fourth-order valence-electron chi connectivity index (χ4n) is 3.05. The number of aryl methyl sites for hydroxylation is 1. The van der Waals surface area contributed by atoms with Crippen molar-refractivity contribution in [3.63, 3.8) is 0 Å². The van der Waals surface area contributed by atoms with Crippen molar-refractivity contribution in [3.05, 3.63) is 100 Å². The summed E-state index contributed by atoms with van der Waals surface area (Å²) in [6.07, 6.45) is 0. The normalized spacial score (nSPS) is 10.6. The number of anilines is 1. The van der Waals surface area contributed by atoms with E-state index in [1.54, 1.807) is 18.2 Å². The van der Waals surface area contributed by atoms with Crippen molar-refractivity contribution in [1.82, 2.24) is 4.98 Å². The summed E-state index contributed by atoms with van der Waals surface area (Å²) in [5.41, 5.74) is 3.94. The minimum atomic E-state index is -0.434. The van der Waals surface area contributed by atoms with Crippen LogP contribution in [0.5, 0.6) is 0 Å². The predicted molar refractivity (Wildman–Crippen MR) is 119 cm³/mol. The molecule has 0 radical (unpaired) electrons. The van der Waals surface area contributed by atoms with Gasteiger partial charge < -0.3 is 0 Å². The summed E-state index contributed by atoms with van der Waals surface area (Å²) >= 11 is 1.37. The Morgan fingerprint density at radius 2 is 1.70 bits per heavy atom. The number of nitro groups is 1.